The van der Waals surface area contributed by atoms with Crippen molar-refractivity contribution in [3.8, 4) is 16.9 Å². The molecule has 0 aliphatic carbocycles. The van der Waals surface area contributed by atoms with Gasteiger partial charge in [-0.3, -0.25) is 9.69 Å². The van der Waals surface area contributed by atoms with Crippen LogP contribution in [0.15, 0.2) is 77.8 Å². The van der Waals surface area contributed by atoms with Gasteiger partial charge in [0.15, 0.2) is 11.5 Å². The Balaban J connectivity index is 1.66. The summed E-state index contributed by atoms with van der Waals surface area (Å²) in [5.74, 6) is 0.771. The fraction of sp³-hybridized carbons (Fsp3) is 0.231. The third-order valence-electron chi connectivity index (χ3n) is 6.35. The summed E-state index contributed by atoms with van der Waals surface area (Å²) >= 11 is 0. The molecular formula is C26H26N4O2. The first-order valence-electron chi connectivity index (χ1n) is 10.7. The molecule has 0 saturated heterocycles. The summed E-state index contributed by atoms with van der Waals surface area (Å²) in [5, 5.41) is 0. The maximum atomic E-state index is 13.5. The second-order valence-electron chi connectivity index (χ2n) is 8.57. The highest BCUT2D eigenvalue weighted by Gasteiger charge is 2.53. The topological polar surface area (TPSA) is 71.2 Å². The summed E-state index contributed by atoms with van der Waals surface area (Å²) in [4.78, 5) is 21.7. The second-order valence-corrected chi connectivity index (χ2v) is 8.57. The van der Waals surface area contributed by atoms with Gasteiger partial charge in [0, 0.05) is 38.8 Å². The molecule has 1 spiro atoms. The standard InChI is InChI=1S/C26H26N4O2/c1-29(2)20-11-7-10-18(14-20)19-12-13-22-21(15-19)26(24(31)30(3)25(27)28-26)16-23(32-22)17-8-5-4-6-9-17/h4-15,23H,16H2,1-3H3,(H2,27,28). The summed E-state index contributed by atoms with van der Waals surface area (Å²) in [6, 6.07) is 24.2. The first-order valence-corrected chi connectivity index (χ1v) is 10.7. The molecule has 0 bridgehead atoms. The predicted molar refractivity (Wildman–Crippen MR) is 127 cm³/mol. The lowest BCUT2D eigenvalue weighted by Gasteiger charge is -2.37. The van der Waals surface area contributed by atoms with Gasteiger partial charge in [-0.1, -0.05) is 48.5 Å². The van der Waals surface area contributed by atoms with E-state index in [-0.39, 0.29) is 18.0 Å². The Labute approximate surface area is 187 Å². The van der Waals surface area contributed by atoms with Gasteiger partial charge in [-0.05, 0) is 41.0 Å². The maximum Gasteiger partial charge on any atom is 0.261 e. The van der Waals surface area contributed by atoms with Crippen molar-refractivity contribution in [3.05, 3.63) is 83.9 Å². The fourth-order valence-corrected chi connectivity index (χ4v) is 4.53. The van der Waals surface area contributed by atoms with E-state index in [4.69, 9.17) is 15.5 Å². The molecule has 0 saturated carbocycles. The number of guanidine groups is 1. The molecule has 2 N–H and O–H groups in total. The van der Waals surface area contributed by atoms with Crippen LogP contribution in [0, 0.1) is 0 Å². The number of hydrogen-bond acceptors (Lipinski definition) is 5. The van der Waals surface area contributed by atoms with Crippen molar-refractivity contribution in [2.24, 2.45) is 10.7 Å². The molecule has 162 valence electrons. The number of fused-ring (bicyclic) bond motifs is 2. The molecule has 32 heavy (non-hydrogen) atoms. The smallest absolute Gasteiger partial charge is 0.261 e. The summed E-state index contributed by atoms with van der Waals surface area (Å²) in [6.45, 7) is 0. The summed E-state index contributed by atoms with van der Waals surface area (Å²) in [5.41, 5.74) is 9.98. The molecule has 5 rings (SSSR count). The van der Waals surface area contributed by atoms with E-state index in [2.05, 4.69) is 23.1 Å². The highest BCUT2D eigenvalue weighted by molar-refractivity contribution is 6.07. The van der Waals surface area contributed by atoms with Gasteiger partial charge < -0.3 is 15.4 Å². The SMILES string of the molecule is CN1C(=O)C2(CC(c3ccccc3)Oc3ccc(-c4cccc(N(C)C)c4)cc32)N=C1N. The number of hydrogen-bond donors (Lipinski definition) is 1. The van der Waals surface area contributed by atoms with E-state index in [1.165, 1.54) is 4.90 Å². The minimum absolute atomic E-state index is 0.125. The van der Waals surface area contributed by atoms with Crippen LogP contribution in [0.3, 0.4) is 0 Å². The first kappa shape index (κ1) is 20.1. The summed E-state index contributed by atoms with van der Waals surface area (Å²) < 4.78 is 6.39. The van der Waals surface area contributed by atoms with Gasteiger partial charge in [0.2, 0.25) is 0 Å². The number of amides is 1. The monoisotopic (exact) mass is 426 g/mol. The Morgan fingerprint density at radius 2 is 1.78 bits per heavy atom. The molecular weight excluding hydrogens is 400 g/mol. The number of likely N-dealkylation sites (N-methyl/N-ethyl adjacent to an activating group) is 1. The minimum atomic E-state index is -1.10. The largest absolute Gasteiger partial charge is 0.485 e. The average Bonchev–Trinajstić information content (AvgIpc) is 3.03. The lowest BCUT2D eigenvalue weighted by atomic mass is 9.79. The number of nitrogens with zero attached hydrogens (tertiary/aromatic N) is 3. The van der Waals surface area contributed by atoms with E-state index < -0.39 is 5.54 Å². The van der Waals surface area contributed by atoms with Crippen molar-refractivity contribution in [1.82, 2.24) is 4.90 Å². The van der Waals surface area contributed by atoms with Crippen LogP contribution in [0.5, 0.6) is 5.75 Å². The van der Waals surface area contributed by atoms with Crippen molar-refractivity contribution in [2.75, 3.05) is 26.0 Å². The summed E-state index contributed by atoms with van der Waals surface area (Å²) in [7, 11) is 5.71. The van der Waals surface area contributed by atoms with E-state index in [1.54, 1.807) is 7.05 Å². The predicted octanol–water partition coefficient (Wildman–Crippen LogP) is 3.93. The van der Waals surface area contributed by atoms with Crippen molar-refractivity contribution in [1.29, 1.82) is 0 Å². The molecule has 3 aromatic rings. The number of aliphatic imine (C=N–C) groups is 1. The van der Waals surface area contributed by atoms with Crippen LogP contribution < -0.4 is 15.4 Å². The van der Waals surface area contributed by atoms with Gasteiger partial charge in [-0.15, -0.1) is 0 Å². The van der Waals surface area contributed by atoms with Crippen LogP contribution in [0.4, 0.5) is 5.69 Å². The van der Waals surface area contributed by atoms with Gasteiger partial charge in [0.25, 0.3) is 5.91 Å². The van der Waals surface area contributed by atoms with E-state index >= 15 is 0 Å². The van der Waals surface area contributed by atoms with Crippen LogP contribution >= 0.6 is 0 Å². The normalized spacial score (nSPS) is 21.8. The highest BCUT2D eigenvalue weighted by atomic mass is 16.5. The van der Waals surface area contributed by atoms with Gasteiger partial charge in [0.1, 0.15) is 11.9 Å². The maximum absolute atomic E-state index is 13.5. The van der Waals surface area contributed by atoms with Gasteiger partial charge >= 0.3 is 0 Å². The lowest BCUT2D eigenvalue weighted by Crippen LogP contribution is -2.43. The molecule has 0 fully saturated rings. The number of benzene rings is 3. The molecule has 6 nitrogen and oxygen atoms in total. The molecule has 2 aliphatic heterocycles. The fourth-order valence-electron chi connectivity index (χ4n) is 4.53. The molecule has 0 radical (unpaired) electrons. The molecule has 6 heteroatoms. The van der Waals surface area contributed by atoms with E-state index in [0.717, 1.165) is 27.9 Å². The second kappa shape index (κ2) is 7.41. The lowest BCUT2D eigenvalue weighted by molar-refractivity contribution is -0.132. The van der Waals surface area contributed by atoms with E-state index in [9.17, 15) is 4.79 Å². The van der Waals surface area contributed by atoms with Crippen LogP contribution in [0.25, 0.3) is 11.1 Å². The number of ether oxygens (including phenoxy) is 1. The number of carbonyl (C=O) groups excluding carboxylic acids is 1. The molecule has 2 atom stereocenters. The molecule has 2 heterocycles. The Morgan fingerprint density at radius 1 is 1.03 bits per heavy atom. The van der Waals surface area contributed by atoms with Crippen molar-refractivity contribution < 1.29 is 9.53 Å². The zero-order chi connectivity index (χ0) is 22.5. The summed E-state index contributed by atoms with van der Waals surface area (Å²) in [6.07, 6.45) is 0.105. The number of nitrogens with two attached hydrogens (primary N) is 1. The highest BCUT2D eigenvalue weighted by Crippen LogP contribution is 2.50. The molecule has 2 aliphatic rings. The number of anilines is 1. The van der Waals surface area contributed by atoms with Gasteiger partial charge in [-0.2, -0.15) is 0 Å². The number of rotatable bonds is 3. The van der Waals surface area contributed by atoms with Crippen LogP contribution in [0.2, 0.25) is 0 Å². The van der Waals surface area contributed by atoms with Crippen molar-refractivity contribution >= 4 is 17.6 Å². The molecule has 3 aromatic carbocycles. The number of carbonyl (C=O) groups is 1. The van der Waals surface area contributed by atoms with Crippen LogP contribution in [-0.4, -0.2) is 37.9 Å². The quantitative estimate of drug-likeness (QED) is 0.689. The Bertz CT molecular complexity index is 1220. The van der Waals surface area contributed by atoms with Crippen molar-refractivity contribution in [2.45, 2.75) is 18.1 Å². The zero-order valence-electron chi connectivity index (χ0n) is 18.4. The van der Waals surface area contributed by atoms with Crippen LogP contribution in [-0.2, 0) is 10.3 Å². The Morgan fingerprint density at radius 3 is 2.47 bits per heavy atom. The third kappa shape index (κ3) is 3.11. The van der Waals surface area contributed by atoms with Gasteiger partial charge in [0.05, 0.1) is 0 Å². The van der Waals surface area contributed by atoms with E-state index in [0.29, 0.717) is 12.2 Å². The molecule has 0 aromatic heterocycles. The first-order chi connectivity index (χ1) is 15.4. The Hall–Kier alpha value is -3.80. The van der Waals surface area contributed by atoms with Crippen LogP contribution in [0.1, 0.15) is 23.7 Å². The average molecular weight is 427 g/mol. The van der Waals surface area contributed by atoms with E-state index in [1.807, 2.05) is 68.7 Å². The molecule has 2 unspecified atom stereocenters. The third-order valence-corrected chi connectivity index (χ3v) is 6.35. The Kier molecular flexibility index (Phi) is 4.66. The molecule has 1 amide bonds. The zero-order valence-corrected chi connectivity index (χ0v) is 18.4. The van der Waals surface area contributed by atoms with Gasteiger partial charge in [-0.25, -0.2) is 4.99 Å². The minimum Gasteiger partial charge on any atom is -0.485 e. The van der Waals surface area contributed by atoms with Crippen molar-refractivity contribution in [3.63, 3.8) is 0 Å².